The fraction of sp³-hybridized carbons (Fsp3) is 0.167. The summed E-state index contributed by atoms with van der Waals surface area (Å²) >= 11 is 3.29. The van der Waals surface area contributed by atoms with Gasteiger partial charge in [0.25, 0.3) is 0 Å². The molecule has 88 valence electrons. The van der Waals surface area contributed by atoms with Crippen molar-refractivity contribution in [3.05, 3.63) is 46.7 Å². The van der Waals surface area contributed by atoms with E-state index in [0.29, 0.717) is 12.5 Å². The summed E-state index contributed by atoms with van der Waals surface area (Å²) in [6.45, 7) is 0.631. The minimum Gasteiger partial charge on any atom is -0.496 e. The van der Waals surface area contributed by atoms with Gasteiger partial charge in [0.15, 0.2) is 0 Å². The van der Waals surface area contributed by atoms with E-state index in [0.717, 1.165) is 15.8 Å². The van der Waals surface area contributed by atoms with Crippen molar-refractivity contribution in [2.45, 2.75) is 6.54 Å². The maximum atomic E-state index is 5.26. The maximum absolute atomic E-state index is 5.26. The van der Waals surface area contributed by atoms with Gasteiger partial charge in [-0.3, -0.25) is 0 Å². The van der Waals surface area contributed by atoms with Gasteiger partial charge in [0.1, 0.15) is 5.75 Å². The molecular weight excluding hydrogens is 282 g/mol. The quantitative estimate of drug-likeness (QED) is 0.942. The van der Waals surface area contributed by atoms with Gasteiger partial charge in [0, 0.05) is 24.5 Å². The molecule has 0 aliphatic carbocycles. The summed E-state index contributed by atoms with van der Waals surface area (Å²) in [5.74, 6) is 1.45. The van der Waals surface area contributed by atoms with Crippen LogP contribution in [-0.2, 0) is 6.54 Å². The van der Waals surface area contributed by atoms with Crippen LogP contribution in [0.2, 0.25) is 0 Å². The molecule has 2 rings (SSSR count). The molecule has 0 aliphatic heterocycles. The van der Waals surface area contributed by atoms with Gasteiger partial charge in [-0.1, -0.05) is 18.2 Å². The van der Waals surface area contributed by atoms with Crippen molar-refractivity contribution >= 4 is 21.9 Å². The first-order valence-corrected chi connectivity index (χ1v) is 5.92. The van der Waals surface area contributed by atoms with E-state index >= 15 is 0 Å². The van der Waals surface area contributed by atoms with Gasteiger partial charge in [-0.05, 0) is 22.0 Å². The monoisotopic (exact) mass is 293 g/mol. The lowest BCUT2D eigenvalue weighted by Gasteiger charge is -2.09. The summed E-state index contributed by atoms with van der Waals surface area (Å²) in [7, 11) is 1.66. The summed E-state index contributed by atoms with van der Waals surface area (Å²) in [6, 6.07) is 7.85. The molecule has 0 spiro atoms. The van der Waals surface area contributed by atoms with Crippen LogP contribution >= 0.6 is 15.9 Å². The standard InChI is InChI=1S/C12H12BrN3O/c1-17-11-5-3-2-4-9(11)6-14-12-15-7-10(13)8-16-12/h2-5,7-8H,6H2,1H3,(H,14,15,16). The fourth-order valence-corrected chi connectivity index (χ4v) is 1.63. The first-order chi connectivity index (χ1) is 8.29. The van der Waals surface area contributed by atoms with Crippen LogP contribution in [-0.4, -0.2) is 17.1 Å². The maximum Gasteiger partial charge on any atom is 0.222 e. The number of benzene rings is 1. The largest absolute Gasteiger partial charge is 0.496 e. The van der Waals surface area contributed by atoms with Crippen molar-refractivity contribution in [2.75, 3.05) is 12.4 Å². The van der Waals surface area contributed by atoms with Gasteiger partial charge in [-0.15, -0.1) is 0 Å². The molecule has 1 heterocycles. The molecule has 0 bridgehead atoms. The number of para-hydroxylation sites is 1. The molecule has 0 atom stereocenters. The smallest absolute Gasteiger partial charge is 0.222 e. The van der Waals surface area contributed by atoms with Crippen molar-refractivity contribution in [1.29, 1.82) is 0 Å². The Bertz CT molecular complexity index is 487. The molecule has 0 saturated carbocycles. The minimum absolute atomic E-state index is 0.596. The zero-order valence-corrected chi connectivity index (χ0v) is 10.9. The number of rotatable bonds is 4. The number of anilines is 1. The van der Waals surface area contributed by atoms with Crippen LogP contribution in [0.3, 0.4) is 0 Å². The molecule has 0 aliphatic rings. The van der Waals surface area contributed by atoms with E-state index in [1.54, 1.807) is 19.5 Å². The topological polar surface area (TPSA) is 47.0 Å². The highest BCUT2D eigenvalue weighted by molar-refractivity contribution is 9.10. The van der Waals surface area contributed by atoms with Crippen molar-refractivity contribution in [3.63, 3.8) is 0 Å². The van der Waals surface area contributed by atoms with E-state index in [1.807, 2.05) is 24.3 Å². The van der Waals surface area contributed by atoms with Crippen molar-refractivity contribution in [3.8, 4) is 5.75 Å². The van der Waals surface area contributed by atoms with Gasteiger partial charge < -0.3 is 10.1 Å². The predicted octanol–water partition coefficient (Wildman–Crippen LogP) is 2.86. The van der Waals surface area contributed by atoms with E-state index < -0.39 is 0 Å². The molecule has 0 radical (unpaired) electrons. The zero-order valence-electron chi connectivity index (χ0n) is 9.35. The van der Waals surface area contributed by atoms with Crippen LogP contribution in [0.15, 0.2) is 41.1 Å². The molecule has 1 aromatic carbocycles. The normalized spacial score (nSPS) is 10.0. The Morgan fingerprint density at radius 3 is 2.65 bits per heavy atom. The summed E-state index contributed by atoms with van der Waals surface area (Å²) in [4.78, 5) is 8.28. The molecule has 1 N–H and O–H groups in total. The highest BCUT2D eigenvalue weighted by atomic mass is 79.9. The molecule has 0 saturated heterocycles. The molecule has 2 aromatic rings. The lowest BCUT2D eigenvalue weighted by molar-refractivity contribution is 0.410. The number of methoxy groups -OCH3 is 1. The Labute approximate surface area is 108 Å². The molecular formula is C12H12BrN3O. The van der Waals surface area contributed by atoms with E-state index in [-0.39, 0.29) is 0 Å². The van der Waals surface area contributed by atoms with E-state index in [1.165, 1.54) is 0 Å². The number of aromatic nitrogens is 2. The molecule has 17 heavy (non-hydrogen) atoms. The van der Waals surface area contributed by atoms with Gasteiger partial charge in [0.05, 0.1) is 11.6 Å². The Kier molecular flexibility index (Phi) is 3.93. The Hall–Kier alpha value is -1.62. The van der Waals surface area contributed by atoms with Gasteiger partial charge in [-0.25, -0.2) is 9.97 Å². The Morgan fingerprint density at radius 2 is 1.94 bits per heavy atom. The minimum atomic E-state index is 0.596. The van der Waals surface area contributed by atoms with Crippen LogP contribution in [0.5, 0.6) is 5.75 Å². The molecule has 1 aromatic heterocycles. The third kappa shape index (κ3) is 3.17. The fourth-order valence-electron chi connectivity index (χ4n) is 1.43. The lowest BCUT2D eigenvalue weighted by atomic mass is 10.2. The van der Waals surface area contributed by atoms with Crippen molar-refractivity contribution in [1.82, 2.24) is 9.97 Å². The van der Waals surface area contributed by atoms with Gasteiger partial charge in [0.2, 0.25) is 5.95 Å². The number of nitrogens with zero attached hydrogens (tertiary/aromatic N) is 2. The first kappa shape index (κ1) is 11.9. The van der Waals surface area contributed by atoms with Crippen LogP contribution in [0.1, 0.15) is 5.56 Å². The second kappa shape index (κ2) is 5.63. The Balaban J connectivity index is 2.04. The third-order valence-electron chi connectivity index (χ3n) is 2.25. The van der Waals surface area contributed by atoms with Crippen LogP contribution in [0, 0.1) is 0 Å². The van der Waals surface area contributed by atoms with Gasteiger partial charge in [-0.2, -0.15) is 0 Å². The number of hydrogen-bond acceptors (Lipinski definition) is 4. The predicted molar refractivity (Wildman–Crippen MR) is 70.1 cm³/mol. The average molecular weight is 294 g/mol. The van der Waals surface area contributed by atoms with E-state index in [2.05, 4.69) is 31.2 Å². The summed E-state index contributed by atoms with van der Waals surface area (Å²) in [6.07, 6.45) is 3.41. The average Bonchev–Trinajstić information content (AvgIpc) is 2.38. The van der Waals surface area contributed by atoms with Crippen molar-refractivity contribution < 1.29 is 4.74 Å². The second-order valence-electron chi connectivity index (χ2n) is 3.39. The molecule has 0 amide bonds. The molecule has 4 nitrogen and oxygen atoms in total. The number of halogens is 1. The van der Waals surface area contributed by atoms with E-state index in [4.69, 9.17) is 4.74 Å². The highest BCUT2D eigenvalue weighted by Crippen LogP contribution is 2.18. The Morgan fingerprint density at radius 1 is 1.24 bits per heavy atom. The van der Waals surface area contributed by atoms with E-state index in [9.17, 15) is 0 Å². The molecule has 5 heteroatoms. The van der Waals surface area contributed by atoms with Crippen LogP contribution < -0.4 is 10.1 Å². The number of nitrogens with one attached hydrogen (secondary N) is 1. The zero-order chi connectivity index (χ0) is 12.1. The number of ether oxygens (including phenoxy) is 1. The molecule has 0 unspecified atom stereocenters. The highest BCUT2D eigenvalue weighted by Gasteiger charge is 2.02. The SMILES string of the molecule is COc1ccccc1CNc1ncc(Br)cn1. The third-order valence-corrected chi connectivity index (χ3v) is 2.66. The van der Waals surface area contributed by atoms with Crippen molar-refractivity contribution in [2.24, 2.45) is 0 Å². The summed E-state index contributed by atoms with van der Waals surface area (Å²) in [5.41, 5.74) is 1.07. The number of hydrogen-bond donors (Lipinski definition) is 1. The lowest BCUT2D eigenvalue weighted by Crippen LogP contribution is -2.04. The van der Waals surface area contributed by atoms with Crippen LogP contribution in [0.4, 0.5) is 5.95 Å². The first-order valence-electron chi connectivity index (χ1n) is 5.13. The summed E-state index contributed by atoms with van der Waals surface area (Å²) < 4.78 is 6.13. The van der Waals surface area contributed by atoms with Gasteiger partial charge >= 0.3 is 0 Å². The van der Waals surface area contributed by atoms with Crippen LogP contribution in [0.25, 0.3) is 0 Å². The summed E-state index contributed by atoms with van der Waals surface area (Å²) in [5, 5.41) is 3.14. The second-order valence-corrected chi connectivity index (χ2v) is 4.31. The molecule has 0 fully saturated rings.